The van der Waals surface area contributed by atoms with Crippen molar-refractivity contribution in [1.29, 1.82) is 0 Å². The van der Waals surface area contributed by atoms with Gasteiger partial charge in [0, 0.05) is 56.7 Å². The van der Waals surface area contributed by atoms with Crippen LogP contribution in [0, 0.1) is 0 Å². The fourth-order valence-corrected chi connectivity index (χ4v) is 4.27. The molecule has 2 aromatic heterocycles. The maximum absolute atomic E-state index is 5.83. The summed E-state index contributed by atoms with van der Waals surface area (Å²) >= 11 is 0. The predicted molar refractivity (Wildman–Crippen MR) is 149 cm³/mol. The van der Waals surface area contributed by atoms with Crippen LogP contribution in [0.3, 0.4) is 0 Å². The molecule has 1 aliphatic rings. The molecule has 2 aromatic carbocycles. The summed E-state index contributed by atoms with van der Waals surface area (Å²) in [4.78, 5) is 27.0. The first-order chi connectivity index (χ1) is 18.8. The normalized spacial score (nSPS) is 13.4. The lowest BCUT2D eigenvalue weighted by Crippen LogP contribution is -2.47. The standard InChI is InChI=1S/C28H33N9O/c1-29-11-6-16-38-25-10-5-9-24(18-25)34-26-32-21-33-28(35-26)37-14-12-36(13-15-37)27-30-19-23(20-31-27)17-22-7-3-2-4-8-22/h2-5,7-10,18-21,29H,6,11-17H2,1H3,(H,32,33,34,35). The van der Waals surface area contributed by atoms with Gasteiger partial charge in [-0.05, 0) is 43.3 Å². The smallest absolute Gasteiger partial charge is 0.232 e. The molecule has 10 nitrogen and oxygen atoms in total. The topological polar surface area (TPSA) is 104 Å². The Morgan fingerprint density at radius 3 is 2.34 bits per heavy atom. The Labute approximate surface area is 223 Å². The van der Waals surface area contributed by atoms with E-state index in [4.69, 9.17) is 4.74 Å². The molecule has 0 radical (unpaired) electrons. The molecule has 1 aliphatic heterocycles. The fourth-order valence-electron chi connectivity index (χ4n) is 4.27. The Kier molecular flexibility index (Phi) is 8.52. The second kappa shape index (κ2) is 12.8. The minimum atomic E-state index is 0.502. The average molecular weight is 512 g/mol. The number of ether oxygens (including phenoxy) is 1. The molecule has 0 atom stereocenters. The summed E-state index contributed by atoms with van der Waals surface area (Å²) < 4.78 is 5.83. The monoisotopic (exact) mass is 511 g/mol. The van der Waals surface area contributed by atoms with Gasteiger partial charge in [-0.1, -0.05) is 36.4 Å². The Balaban J connectivity index is 1.14. The summed E-state index contributed by atoms with van der Waals surface area (Å²) in [7, 11) is 1.94. The van der Waals surface area contributed by atoms with Crippen molar-refractivity contribution in [1.82, 2.24) is 30.2 Å². The molecule has 196 valence electrons. The molecule has 2 N–H and O–H groups in total. The Hall–Kier alpha value is -4.31. The first kappa shape index (κ1) is 25.3. The molecular formula is C28H33N9O. The van der Waals surface area contributed by atoms with Gasteiger partial charge in [0.2, 0.25) is 17.8 Å². The van der Waals surface area contributed by atoms with Crippen LogP contribution in [0.5, 0.6) is 5.75 Å². The highest BCUT2D eigenvalue weighted by Crippen LogP contribution is 2.21. The van der Waals surface area contributed by atoms with Crippen LogP contribution in [-0.2, 0) is 6.42 Å². The highest BCUT2D eigenvalue weighted by atomic mass is 16.5. The number of aromatic nitrogens is 5. The largest absolute Gasteiger partial charge is 0.493 e. The van der Waals surface area contributed by atoms with Gasteiger partial charge in [-0.2, -0.15) is 4.98 Å². The molecule has 0 saturated carbocycles. The highest BCUT2D eigenvalue weighted by Gasteiger charge is 2.21. The number of anilines is 4. The van der Waals surface area contributed by atoms with Crippen molar-refractivity contribution in [2.75, 3.05) is 61.5 Å². The third kappa shape index (κ3) is 6.92. The van der Waals surface area contributed by atoms with E-state index in [2.05, 4.69) is 69.6 Å². The molecule has 10 heteroatoms. The van der Waals surface area contributed by atoms with Gasteiger partial charge in [0.1, 0.15) is 12.1 Å². The molecule has 38 heavy (non-hydrogen) atoms. The van der Waals surface area contributed by atoms with Gasteiger partial charge < -0.3 is 25.2 Å². The van der Waals surface area contributed by atoms with E-state index in [1.54, 1.807) is 6.33 Å². The van der Waals surface area contributed by atoms with Crippen LogP contribution in [-0.4, -0.2) is 71.3 Å². The first-order valence-corrected chi connectivity index (χ1v) is 12.9. The predicted octanol–water partition coefficient (Wildman–Crippen LogP) is 3.31. The van der Waals surface area contributed by atoms with E-state index in [9.17, 15) is 0 Å². The van der Waals surface area contributed by atoms with Crippen molar-refractivity contribution < 1.29 is 4.74 Å². The Morgan fingerprint density at radius 2 is 1.58 bits per heavy atom. The minimum absolute atomic E-state index is 0.502. The van der Waals surface area contributed by atoms with Crippen molar-refractivity contribution >= 4 is 23.5 Å². The number of piperazine rings is 1. The van der Waals surface area contributed by atoms with Crippen LogP contribution in [0.4, 0.5) is 23.5 Å². The molecular weight excluding hydrogens is 478 g/mol. The van der Waals surface area contributed by atoms with Crippen LogP contribution >= 0.6 is 0 Å². The molecule has 3 heterocycles. The summed E-state index contributed by atoms with van der Waals surface area (Å²) in [5, 5.41) is 6.39. The maximum atomic E-state index is 5.83. The van der Waals surface area contributed by atoms with E-state index >= 15 is 0 Å². The van der Waals surface area contributed by atoms with Gasteiger partial charge in [0.25, 0.3) is 0 Å². The van der Waals surface area contributed by atoms with Crippen LogP contribution in [0.25, 0.3) is 0 Å². The summed E-state index contributed by atoms with van der Waals surface area (Å²) in [6.07, 6.45) is 7.18. The van der Waals surface area contributed by atoms with E-state index in [1.807, 2.05) is 49.8 Å². The van der Waals surface area contributed by atoms with Gasteiger partial charge in [-0.25, -0.2) is 19.9 Å². The second-order valence-electron chi connectivity index (χ2n) is 9.10. The lowest BCUT2D eigenvalue weighted by Gasteiger charge is -2.34. The van der Waals surface area contributed by atoms with Gasteiger partial charge in [-0.15, -0.1) is 0 Å². The molecule has 0 bridgehead atoms. The molecule has 4 aromatic rings. The van der Waals surface area contributed by atoms with Crippen molar-refractivity contribution in [3.63, 3.8) is 0 Å². The molecule has 0 spiro atoms. The van der Waals surface area contributed by atoms with Gasteiger partial charge in [0.15, 0.2) is 0 Å². The number of nitrogens with zero attached hydrogens (tertiary/aromatic N) is 7. The minimum Gasteiger partial charge on any atom is -0.493 e. The lowest BCUT2D eigenvalue weighted by atomic mass is 10.1. The molecule has 0 aliphatic carbocycles. The zero-order valence-electron chi connectivity index (χ0n) is 21.6. The first-order valence-electron chi connectivity index (χ1n) is 12.9. The molecule has 0 amide bonds. The molecule has 1 saturated heterocycles. The van der Waals surface area contributed by atoms with E-state index in [-0.39, 0.29) is 0 Å². The molecule has 5 rings (SSSR count). The number of benzene rings is 2. The number of hydrogen-bond donors (Lipinski definition) is 2. The summed E-state index contributed by atoms with van der Waals surface area (Å²) in [6, 6.07) is 18.2. The third-order valence-corrected chi connectivity index (χ3v) is 6.28. The summed E-state index contributed by atoms with van der Waals surface area (Å²) in [5.74, 6) is 2.72. The highest BCUT2D eigenvalue weighted by molar-refractivity contribution is 5.56. The second-order valence-corrected chi connectivity index (χ2v) is 9.10. The van der Waals surface area contributed by atoms with Crippen molar-refractivity contribution in [3.8, 4) is 5.75 Å². The van der Waals surface area contributed by atoms with E-state index < -0.39 is 0 Å². The van der Waals surface area contributed by atoms with Crippen LogP contribution in [0.15, 0.2) is 73.3 Å². The number of hydrogen-bond acceptors (Lipinski definition) is 10. The van der Waals surface area contributed by atoms with E-state index in [0.29, 0.717) is 18.5 Å². The van der Waals surface area contributed by atoms with Crippen molar-refractivity contribution in [2.24, 2.45) is 0 Å². The lowest BCUT2D eigenvalue weighted by molar-refractivity contribution is 0.310. The Morgan fingerprint density at radius 1 is 0.816 bits per heavy atom. The zero-order valence-corrected chi connectivity index (χ0v) is 21.6. The van der Waals surface area contributed by atoms with Crippen molar-refractivity contribution in [2.45, 2.75) is 12.8 Å². The molecule has 1 fully saturated rings. The zero-order chi connectivity index (χ0) is 26.0. The Bertz CT molecular complexity index is 1280. The summed E-state index contributed by atoms with van der Waals surface area (Å²) in [5.41, 5.74) is 3.23. The average Bonchev–Trinajstić information content (AvgIpc) is 2.97. The van der Waals surface area contributed by atoms with Crippen LogP contribution < -0.4 is 25.2 Å². The SMILES string of the molecule is CNCCCOc1cccc(Nc2ncnc(N3CCN(c4ncc(Cc5ccccc5)cn4)CC3)n2)c1. The third-order valence-electron chi connectivity index (χ3n) is 6.28. The van der Waals surface area contributed by atoms with Gasteiger partial charge in [0.05, 0.1) is 6.61 Å². The van der Waals surface area contributed by atoms with Gasteiger partial charge >= 0.3 is 0 Å². The van der Waals surface area contributed by atoms with Crippen molar-refractivity contribution in [3.05, 3.63) is 84.4 Å². The molecule has 0 unspecified atom stereocenters. The maximum Gasteiger partial charge on any atom is 0.232 e. The van der Waals surface area contributed by atoms with Crippen LogP contribution in [0.2, 0.25) is 0 Å². The van der Waals surface area contributed by atoms with E-state index in [0.717, 1.165) is 68.5 Å². The quantitative estimate of drug-likeness (QED) is 0.292. The number of nitrogens with one attached hydrogen (secondary N) is 2. The van der Waals surface area contributed by atoms with Crippen LogP contribution in [0.1, 0.15) is 17.5 Å². The fraction of sp³-hybridized carbons (Fsp3) is 0.321. The summed E-state index contributed by atoms with van der Waals surface area (Å²) in [6.45, 7) is 4.71. The van der Waals surface area contributed by atoms with E-state index in [1.165, 1.54) is 5.56 Å². The van der Waals surface area contributed by atoms with Gasteiger partial charge in [-0.3, -0.25) is 0 Å². The number of rotatable bonds is 11.